The number of hydrogen-bond donors (Lipinski definition) is 2. The van der Waals surface area contributed by atoms with Crippen molar-refractivity contribution in [1.82, 2.24) is 10.3 Å². The van der Waals surface area contributed by atoms with Crippen molar-refractivity contribution in [3.8, 4) is 22.8 Å². The summed E-state index contributed by atoms with van der Waals surface area (Å²) < 4.78 is 11.1. The fourth-order valence-electron chi connectivity index (χ4n) is 2.45. The van der Waals surface area contributed by atoms with Gasteiger partial charge in [-0.15, -0.1) is 0 Å². The lowest BCUT2D eigenvalue weighted by molar-refractivity contribution is -0.116. The number of amides is 1. The highest BCUT2D eigenvalue weighted by Crippen LogP contribution is 2.34. The van der Waals surface area contributed by atoms with Crippen LogP contribution < -0.4 is 20.1 Å². The third kappa shape index (κ3) is 4.02. The fraction of sp³-hybridized carbons (Fsp3) is 0.333. The van der Waals surface area contributed by atoms with Gasteiger partial charge in [-0.1, -0.05) is 13.0 Å². The molecular formula is C18H21N3O3. The van der Waals surface area contributed by atoms with Gasteiger partial charge in [0, 0.05) is 18.5 Å². The van der Waals surface area contributed by atoms with Crippen LogP contribution in [0.5, 0.6) is 11.5 Å². The molecule has 126 valence electrons. The van der Waals surface area contributed by atoms with E-state index in [1.54, 1.807) is 6.07 Å². The molecule has 0 aliphatic carbocycles. The number of pyridine rings is 1. The van der Waals surface area contributed by atoms with Crippen molar-refractivity contribution < 1.29 is 14.3 Å². The molecular weight excluding hydrogens is 306 g/mol. The van der Waals surface area contributed by atoms with Crippen LogP contribution in [0.15, 0.2) is 36.4 Å². The quantitative estimate of drug-likeness (QED) is 0.798. The number of fused-ring (bicyclic) bond motifs is 1. The van der Waals surface area contributed by atoms with E-state index in [1.807, 2.05) is 37.3 Å². The fourth-order valence-corrected chi connectivity index (χ4v) is 2.45. The Kier molecular flexibility index (Phi) is 5.28. The normalized spacial score (nSPS) is 12.7. The second kappa shape index (κ2) is 7.79. The first kappa shape index (κ1) is 16.3. The number of hydrogen-bond acceptors (Lipinski definition) is 5. The zero-order chi connectivity index (χ0) is 16.8. The molecule has 0 bridgehead atoms. The number of aromatic nitrogens is 1. The molecule has 24 heavy (non-hydrogen) atoms. The summed E-state index contributed by atoms with van der Waals surface area (Å²) in [7, 11) is 0. The lowest BCUT2D eigenvalue weighted by Crippen LogP contribution is -2.21. The molecule has 0 radical (unpaired) electrons. The van der Waals surface area contributed by atoms with Crippen molar-refractivity contribution in [2.45, 2.75) is 13.3 Å². The molecule has 6 heteroatoms. The van der Waals surface area contributed by atoms with Gasteiger partial charge in [0.05, 0.1) is 5.69 Å². The summed E-state index contributed by atoms with van der Waals surface area (Å²) in [6, 6.07) is 11.3. The Morgan fingerprint density at radius 3 is 2.83 bits per heavy atom. The molecule has 6 nitrogen and oxygen atoms in total. The number of carbonyl (C=O) groups is 1. The van der Waals surface area contributed by atoms with Gasteiger partial charge in [-0.3, -0.25) is 4.79 Å². The van der Waals surface area contributed by atoms with E-state index in [4.69, 9.17) is 9.47 Å². The summed E-state index contributed by atoms with van der Waals surface area (Å²) in [4.78, 5) is 16.4. The molecule has 1 aliphatic heterocycles. The Balaban J connectivity index is 1.72. The predicted molar refractivity (Wildman–Crippen MR) is 92.5 cm³/mol. The molecule has 0 atom stereocenters. The summed E-state index contributed by atoms with van der Waals surface area (Å²) in [6.07, 6.45) is 0.420. The molecule has 1 aliphatic rings. The van der Waals surface area contributed by atoms with Crippen molar-refractivity contribution in [3.63, 3.8) is 0 Å². The van der Waals surface area contributed by atoms with E-state index < -0.39 is 0 Å². The van der Waals surface area contributed by atoms with Gasteiger partial charge in [-0.25, -0.2) is 4.98 Å². The van der Waals surface area contributed by atoms with Crippen LogP contribution in [0, 0.1) is 0 Å². The van der Waals surface area contributed by atoms with E-state index in [0.717, 1.165) is 29.3 Å². The monoisotopic (exact) mass is 327 g/mol. The Morgan fingerprint density at radius 1 is 1.17 bits per heavy atom. The minimum Gasteiger partial charge on any atom is -0.486 e. The second-order valence-electron chi connectivity index (χ2n) is 5.42. The van der Waals surface area contributed by atoms with Gasteiger partial charge in [-0.05, 0) is 36.9 Å². The Bertz CT molecular complexity index is 718. The van der Waals surface area contributed by atoms with Crippen LogP contribution in [-0.2, 0) is 4.79 Å². The highest BCUT2D eigenvalue weighted by atomic mass is 16.6. The predicted octanol–water partition coefficient (Wildman–Crippen LogP) is 2.46. The third-order valence-corrected chi connectivity index (χ3v) is 3.63. The van der Waals surface area contributed by atoms with E-state index in [-0.39, 0.29) is 5.91 Å². The molecule has 1 aromatic carbocycles. The van der Waals surface area contributed by atoms with Gasteiger partial charge < -0.3 is 20.1 Å². The first-order valence-electron chi connectivity index (χ1n) is 8.14. The number of nitrogens with zero attached hydrogens (tertiary/aromatic N) is 1. The minimum absolute atomic E-state index is 0.0530. The molecule has 1 amide bonds. The van der Waals surface area contributed by atoms with Crippen LogP contribution in [0.25, 0.3) is 11.3 Å². The Labute approximate surface area is 141 Å². The van der Waals surface area contributed by atoms with Gasteiger partial charge in [-0.2, -0.15) is 0 Å². The molecule has 0 saturated carbocycles. The molecule has 3 rings (SSSR count). The molecule has 0 fully saturated rings. The first-order valence-corrected chi connectivity index (χ1v) is 8.14. The summed E-state index contributed by atoms with van der Waals surface area (Å²) in [5.74, 6) is 1.96. The number of nitrogens with one attached hydrogen (secondary N) is 2. The van der Waals surface area contributed by atoms with Crippen molar-refractivity contribution in [2.24, 2.45) is 0 Å². The molecule has 2 heterocycles. The lowest BCUT2D eigenvalue weighted by atomic mass is 10.1. The van der Waals surface area contributed by atoms with Crippen LogP contribution in [0.4, 0.5) is 5.82 Å². The smallest absolute Gasteiger partial charge is 0.226 e. The summed E-state index contributed by atoms with van der Waals surface area (Å²) in [5, 5.41) is 5.95. The maximum absolute atomic E-state index is 11.9. The number of carbonyl (C=O) groups excluding carboxylic acids is 1. The molecule has 2 N–H and O–H groups in total. The van der Waals surface area contributed by atoms with Crippen molar-refractivity contribution in [3.05, 3.63) is 36.4 Å². The van der Waals surface area contributed by atoms with Crippen molar-refractivity contribution in [2.75, 3.05) is 31.6 Å². The maximum Gasteiger partial charge on any atom is 0.226 e. The highest BCUT2D eigenvalue weighted by Gasteiger charge is 2.13. The first-order chi connectivity index (χ1) is 11.8. The largest absolute Gasteiger partial charge is 0.486 e. The molecule has 0 unspecified atom stereocenters. The second-order valence-corrected chi connectivity index (χ2v) is 5.42. The van der Waals surface area contributed by atoms with Crippen LogP contribution in [0.2, 0.25) is 0 Å². The van der Waals surface area contributed by atoms with Crippen LogP contribution in [0.1, 0.15) is 13.3 Å². The third-order valence-electron chi connectivity index (χ3n) is 3.63. The zero-order valence-electron chi connectivity index (χ0n) is 13.7. The molecule has 0 spiro atoms. The van der Waals surface area contributed by atoms with Crippen LogP contribution in [-0.4, -0.2) is 37.2 Å². The van der Waals surface area contributed by atoms with E-state index in [1.165, 1.54) is 0 Å². The number of rotatable bonds is 6. The molecule has 1 aromatic heterocycles. The van der Waals surface area contributed by atoms with Crippen LogP contribution in [0.3, 0.4) is 0 Å². The molecule has 2 aromatic rings. The summed E-state index contributed by atoms with van der Waals surface area (Å²) in [5.41, 5.74) is 1.69. The SMILES string of the molecule is CCNCCC(=O)Nc1cccc(-c2ccc3c(c2)OCCO3)n1. The lowest BCUT2D eigenvalue weighted by Gasteiger charge is -2.18. The Hall–Kier alpha value is -2.60. The zero-order valence-corrected chi connectivity index (χ0v) is 13.7. The van der Waals surface area contributed by atoms with E-state index in [9.17, 15) is 4.79 Å². The van der Waals surface area contributed by atoms with Crippen molar-refractivity contribution in [1.29, 1.82) is 0 Å². The standard InChI is InChI=1S/C18H21N3O3/c1-2-19-9-8-18(22)21-17-5-3-4-14(20-17)13-6-7-15-16(12-13)24-11-10-23-15/h3-7,12,19H,2,8-11H2,1H3,(H,20,21,22). The number of ether oxygens (including phenoxy) is 2. The topological polar surface area (TPSA) is 72.5 Å². The highest BCUT2D eigenvalue weighted by molar-refractivity contribution is 5.90. The average Bonchev–Trinajstić information content (AvgIpc) is 2.62. The van der Waals surface area contributed by atoms with Gasteiger partial charge in [0.2, 0.25) is 5.91 Å². The van der Waals surface area contributed by atoms with Crippen LogP contribution >= 0.6 is 0 Å². The molecule has 0 saturated heterocycles. The average molecular weight is 327 g/mol. The van der Waals surface area contributed by atoms with Gasteiger partial charge in [0.15, 0.2) is 11.5 Å². The summed E-state index contributed by atoms with van der Waals surface area (Å²) >= 11 is 0. The Morgan fingerprint density at radius 2 is 2.00 bits per heavy atom. The number of anilines is 1. The minimum atomic E-state index is -0.0530. The number of benzene rings is 1. The van der Waals surface area contributed by atoms with E-state index in [0.29, 0.717) is 32.0 Å². The van der Waals surface area contributed by atoms with E-state index in [2.05, 4.69) is 15.6 Å². The van der Waals surface area contributed by atoms with Crippen molar-refractivity contribution >= 4 is 11.7 Å². The van der Waals surface area contributed by atoms with Gasteiger partial charge in [0.25, 0.3) is 0 Å². The summed E-state index contributed by atoms with van der Waals surface area (Å²) in [6.45, 7) is 4.64. The van der Waals surface area contributed by atoms with Gasteiger partial charge in [0.1, 0.15) is 19.0 Å². The van der Waals surface area contributed by atoms with Gasteiger partial charge >= 0.3 is 0 Å². The maximum atomic E-state index is 11.9. The van der Waals surface area contributed by atoms with E-state index >= 15 is 0 Å².